The van der Waals surface area contributed by atoms with Gasteiger partial charge in [-0.15, -0.1) is 10.2 Å². The molecule has 0 bridgehead atoms. The van der Waals surface area contributed by atoms with E-state index >= 15 is 0 Å². The van der Waals surface area contributed by atoms with Gasteiger partial charge in [0.2, 0.25) is 0 Å². The fraction of sp³-hybridized carbons (Fsp3) is 0.290. The molecular formula is C31H35N5O2S. The van der Waals surface area contributed by atoms with Crippen molar-refractivity contribution in [3.63, 3.8) is 0 Å². The lowest BCUT2D eigenvalue weighted by atomic mass is 9.87. The Morgan fingerprint density at radius 1 is 1.00 bits per heavy atom. The monoisotopic (exact) mass is 541 g/mol. The van der Waals surface area contributed by atoms with Gasteiger partial charge in [0, 0.05) is 11.3 Å². The van der Waals surface area contributed by atoms with Crippen molar-refractivity contribution in [3.05, 3.63) is 89.5 Å². The number of carbonyl (C=O) groups excluding carboxylic acids is 1. The van der Waals surface area contributed by atoms with Crippen molar-refractivity contribution in [2.45, 2.75) is 51.1 Å². The molecule has 0 saturated carbocycles. The second-order valence-electron chi connectivity index (χ2n) is 10.6. The van der Waals surface area contributed by atoms with Crippen LogP contribution in [0.15, 0.2) is 83.1 Å². The van der Waals surface area contributed by atoms with Gasteiger partial charge >= 0.3 is 0 Å². The van der Waals surface area contributed by atoms with Gasteiger partial charge < -0.3 is 4.74 Å². The average Bonchev–Trinajstić information content (AvgIpc) is 3.36. The van der Waals surface area contributed by atoms with Crippen LogP contribution in [-0.4, -0.2) is 39.7 Å². The number of hydrazone groups is 1. The summed E-state index contributed by atoms with van der Waals surface area (Å²) in [5, 5.41) is 13.7. The molecule has 0 aliphatic rings. The van der Waals surface area contributed by atoms with Crippen molar-refractivity contribution in [1.82, 2.24) is 20.2 Å². The van der Waals surface area contributed by atoms with Crippen LogP contribution in [0, 0.1) is 0 Å². The number of benzene rings is 3. The quantitative estimate of drug-likeness (QED) is 0.147. The maximum absolute atomic E-state index is 12.6. The number of carbonyl (C=O) groups is 1. The van der Waals surface area contributed by atoms with Crippen LogP contribution in [-0.2, 0) is 10.2 Å². The van der Waals surface area contributed by atoms with Gasteiger partial charge in [-0.1, -0.05) is 94.9 Å². The smallest absolute Gasteiger partial charge is 0.250 e. The highest BCUT2D eigenvalue weighted by Crippen LogP contribution is 2.30. The van der Waals surface area contributed by atoms with Gasteiger partial charge in [0.1, 0.15) is 5.75 Å². The van der Waals surface area contributed by atoms with Gasteiger partial charge in [-0.3, -0.25) is 9.36 Å². The highest BCUT2D eigenvalue weighted by Gasteiger charge is 2.19. The number of amides is 1. The van der Waals surface area contributed by atoms with Crippen molar-refractivity contribution < 1.29 is 9.53 Å². The number of hydrogen-bond donors (Lipinski definition) is 1. The first-order valence-electron chi connectivity index (χ1n) is 12.9. The number of rotatable bonds is 9. The van der Waals surface area contributed by atoms with E-state index in [1.54, 1.807) is 13.3 Å². The Labute approximate surface area is 234 Å². The number of nitrogens with one attached hydrogen (secondary N) is 1. The lowest BCUT2D eigenvalue weighted by Gasteiger charge is -2.19. The molecule has 0 spiro atoms. The molecule has 1 N–H and O–H groups in total. The molecule has 0 atom stereocenters. The predicted octanol–water partition coefficient (Wildman–Crippen LogP) is 6.61. The normalized spacial score (nSPS) is 11.8. The third kappa shape index (κ3) is 7.15. The van der Waals surface area contributed by atoms with E-state index in [9.17, 15) is 4.79 Å². The van der Waals surface area contributed by atoms with Gasteiger partial charge in [0.25, 0.3) is 5.91 Å². The largest absolute Gasteiger partial charge is 0.497 e. The molecule has 4 aromatic rings. The lowest BCUT2D eigenvalue weighted by Crippen LogP contribution is -2.20. The van der Waals surface area contributed by atoms with Gasteiger partial charge in [-0.2, -0.15) is 5.10 Å². The summed E-state index contributed by atoms with van der Waals surface area (Å²) in [6, 6.07) is 24.2. The highest BCUT2D eigenvalue weighted by molar-refractivity contribution is 7.99. The number of nitrogens with zero attached hydrogens (tertiary/aromatic N) is 4. The van der Waals surface area contributed by atoms with E-state index in [0.717, 1.165) is 22.6 Å². The van der Waals surface area contributed by atoms with Crippen LogP contribution in [0.3, 0.4) is 0 Å². The van der Waals surface area contributed by atoms with Crippen LogP contribution < -0.4 is 10.2 Å². The molecule has 7 nitrogen and oxygen atoms in total. The van der Waals surface area contributed by atoms with Crippen LogP contribution in [0.2, 0.25) is 0 Å². The topological polar surface area (TPSA) is 81.4 Å². The van der Waals surface area contributed by atoms with Crippen LogP contribution in [0.4, 0.5) is 0 Å². The molecule has 1 heterocycles. The van der Waals surface area contributed by atoms with Gasteiger partial charge in [-0.05, 0) is 52.3 Å². The van der Waals surface area contributed by atoms with Crippen LogP contribution in [0.5, 0.6) is 5.75 Å². The zero-order valence-electron chi connectivity index (χ0n) is 23.3. The maximum Gasteiger partial charge on any atom is 0.250 e. The summed E-state index contributed by atoms with van der Waals surface area (Å²) in [6.45, 7) is 10.9. The third-order valence-corrected chi connectivity index (χ3v) is 7.24. The van der Waals surface area contributed by atoms with Crippen molar-refractivity contribution in [3.8, 4) is 22.8 Å². The molecule has 39 heavy (non-hydrogen) atoms. The Morgan fingerprint density at radius 2 is 1.67 bits per heavy atom. The summed E-state index contributed by atoms with van der Waals surface area (Å²) in [7, 11) is 1.64. The summed E-state index contributed by atoms with van der Waals surface area (Å²) < 4.78 is 7.29. The molecule has 0 radical (unpaired) electrons. The summed E-state index contributed by atoms with van der Waals surface area (Å²) in [6.07, 6.45) is 1.64. The fourth-order valence-corrected chi connectivity index (χ4v) is 4.69. The number of hydrogen-bond acceptors (Lipinski definition) is 6. The molecule has 4 rings (SSSR count). The SMILES string of the molecule is COc1ccc(-n2c(SCC(=O)N/N=C\c3ccc(C(C)C)cc3)nnc2-c2ccc(C(C)(C)C)cc2)cc1. The van der Waals surface area contributed by atoms with E-state index in [-0.39, 0.29) is 17.1 Å². The molecule has 0 unspecified atom stereocenters. The Bertz CT molecular complexity index is 1420. The van der Waals surface area contributed by atoms with Crippen molar-refractivity contribution in [1.29, 1.82) is 0 Å². The highest BCUT2D eigenvalue weighted by atomic mass is 32.2. The lowest BCUT2D eigenvalue weighted by molar-refractivity contribution is -0.118. The van der Waals surface area contributed by atoms with E-state index in [2.05, 4.69) is 91.7 Å². The summed E-state index contributed by atoms with van der Waals surface area (Å²) >= 11 is 1.31. The summed E-state index contributed by atoms with van der Waals surface area (Å²) in [4.78, 5) is 12.6. The number of thioether (sulfide) groups is 1. The van der Waals surface area contributed by atoms with E-state index in [4.69, 9.17) is 4.74 Å². The van der Waals surface area contributed by atoms with Crippen LogP contribution in [0.25, 0.3) is 17.1 Å². The van der Waals surface area contributed by atoms with E-state index in [1.165, 1.54) is 22.9 Å². The first kappa shape index (κ1) is 28.1. The molecule has 0 fully saturated rings. The minimum atomic E-state index is -0.226. The van der Waals surface area contributed by atoms with Crippen molar-refractivity contribution >= 4 is 23.9 Å². The molecule has 8 heteroatoms. The summed E-state index contributed by atoms with van der Waals surface area (Å²) in [5.41, 5.74) is 7.90. The molecule has 0 aliphatic heterocycles. The minimum absolute atomic E-state index is 0.0522. The first-order valence-corrected chi connectivity index (χ1v) is 13.9. The number of aromatic nitrogens is 3. The standard InChI is InChI=1S/C31H35N5O2S/c1-21(2)23-9-7-22(8-10-23)19-32-33-28(37)20-39-30-35-34-29(24-11-13-25(14-12-24)31(3,4)5)36(30)26-15-17-27(38-6)18-16-26/h7-19,21H,20H2,1-6H3,(H,33,37)/b32-19-. The van der Waals surface area contributed by atoms with Crippen molar-refractivity contribution in [2.75, 3.05) is 12.9 Å². The second kappa shape index (κ2) is 12.3. The first-order chi connectivity index (χ1) is 18.7. The Hall–Kier alpha value is -3.91. The predicted molar refractivity (Wildman–Crippen MR) is 159 cm³/mol. The molecular weight excluding hydrogens is 506 g/mol. The Morgan fingerprint density at radius 3 is 2.26 bits per heavy atom. The molecule has 202 valence electrons. The van der Waals surface area contributed by atoms with E-state index in [0.29, 0.717) is 16.9 Å². The van der Waals surface area contributed by atoms with Crippen LogP contribution in [0.1, 0.15) is 57.2 Å². The number of ether oxygens (including phenoxy) is 1. The van der Waals surface area contributed by atoms with E-state index in [1.807, 2.05) is 41.0 Å². The molecule has 0 saturated heterocycles. The summed E-state index contributed by atoms with van der Waals surface area (Å²) in [5.74, 6) is 1.84. The van der Waals surface area contributed by atoms with Gasteiger partial charge in [-0.25, -0.2) is 5.43 Å². The van der Waals surface area contributed by atoms with E-state index < -0.39 is 0 Å². The Balaban J connectivity index is 1.51. The zero-order chi connectivity index (χ0) is 28.0. The molecule has 3 aromatic carbocycles. The fourth-order valence-electron chi connectivity index (χ4n) is 3.94. The third-order valence-electron chi connectivity index (χ3n) is 6.31. The average molecular weight is 542 g/mol. The maximum atomic E-state index is 12.6. The molecule has 0 aliphatic carbocycles. The minimum Gasteiger partial charge on any atom is -0.497 e. The Kier molecular flexibility index (Phi) is 8.86. The van der Waals surface area contributed by atoms with Gasteiger partial charge in [0.05, 0.1) is 19.1 Å². The molecule has 1 aromatic heterocycles. The zero-order valence-corrected chi connectivity index (χ0v) is 24.1. The number of methoxy groups -OCH3 is 1. The van der Waals surface area contributed by atoms with Crippen molar-refractivity contribution in [2.24, 2.45) is 5.10 Å². The van der Waals surface area contributed by atoms with Crippen LogP contribution >= 0.6 is 11.8 Å². The second-order valence-corrected chi connectivity index (χ2v) is 11.5. The molecule has 1 amide bonds. The van der Waals surface area contributed by atoms with Gasteiger partial charge in [0.15, 0.2) is 11.0 Å².